The first-order chi connectivity index (χ1) is 6.27. The molecule has 0 bridgehead atoms. The van der Waals surface area contributed by atoms with Gasteiger partial charge in [0.2, 0.25) is 17.0 Å². The summed E-state index contributed by atoms with van der Waals surface area (Å²) in [6.45, 7) is 2.42. The van der Waals surface area contributed by atoms with E-state index in [0.29, 0.717) is 26.3 Å². The van der Waals surface area contributed by atoms with Crippen molar-refractivity contribution in [2.75, 3.05) is 26.3 Å². The van der Waals surface area contributed by atoms with E-state index in [1.54, 1.807) is 4.90 Å². The van der Waals surface area contributed by atoms with E-state index in [1.165, 1.54) is 0 Å². The Labute approximate surface area is 77.7 Å². The first kappa shape index (κ1) is 8.64. The largest absolute Gasteiger partial charge is 0.378 e. The summed E-state index contributed by atoms with van der Waals surface area (Å²) in [6, 6.07) is 0. The monoisotopic (exact) mass is 203 g/mol. The number of rotatable bonds is 0. The van der Waals surface area contributed by atoms with Crippen LogP contribution in [-0.4, -0.2) is 47.2 Å². The summed E-state index contributed by atoms with van der Waals surface area (Å²) < 4.78 is 21.9. The van der Waals surface area contributed by atoms with Crippen LogP contribution >= 0.6 is 0 Å². The van der Waals surface area contributed by atoms with Crippen LogP contribution in [0.2, 0.25) is 0 Å². The van der Waals surface area contributed by atoms with Crippen LogP contribution in [0.3, 0.4) is 0 Å². The second-order valence-electron chi connectivity index (χ2n) is 2.69. The summed E-state index contributed by atoms with van der Waals surface area (Å²) in [5, 5.41) is 0. The number of carbonyl (C=O) groups excluding carboxylic acids is 1. The molecule has 0 aromatic heterocycles. The second kappa shape index (κ2) is 3.43. The summed E-state index contributed by atoms with van der Waals surface area (Å²) >= 11 is -1.58. The first-order valence-electron chi connectivity index (χ1n) is 3.91. The molecule has 1 amide bonds. The van der Waals surface area contributed by atoms with Gasteiger partial charge in [-0.05, 0) is 0 Å². The van der Waals surface area contributed by atoms with Crippen LogP contribution < -0.4 is 4.72 Å². The van der Waals surface area contributed by atoms with Gasteiger partial charge in [-0.1, -0.05) is 0 Å². The predicted molar refractivity (Wildman–Crippen MR) is 46.1 cm³/mol. The Morgan fingerprint density at radius 3 is 2.69 bits per heavy atom. The second-order valence-corrected chi connectivity index (χ2v) is 3.58. The van der Waals surface area contributed by atoms with Crippen molar-refractivity contribution >= 4 is 22.9 Å². The van der Waals surface area contributed by atoms with Gasteiger partial charge in [-0.2, -0.15) is 0 Å². The minimum Gasteiger partial charge on any atom is -0.378 e. The zero-order chi connectivity index (χ0) is 9.26. The highest BCUT2D eigenvalue weighted by Crippen LogP contribution is 2.04. The molecule has 1 saturated heterocycles. The van der Waals surface area contributed by atoms with Gasteiger partial charge in [-0.25, -0.2) is 8.93 Å². The highest BCUT2D eigenvalue weighted by Gasteiger charge is 2.28. The maximum absolute atomic E-state index is 11.2. The predicted octanol–water partition coefficient (Wildman–Crippen LogP) is -1.57. The van der Waals surface area contributed by atoms with Gasteiger partial charge < -0.3 is 9.64 Å². The van der Waals surface area contributed by atoms with Gasteiger partial charge in [-0.15, -0.1) is 4.40 Å². The van der Waals surface area contributed by atoms with Crippen molar-refractivity contribution in [3.8, 4) is 0 Å². The fraction of sp³-hybridized carbons (Fsp3) is 0.667. The van der Waals surface area contributed by atoms with Crippen LogP contribution in [0.1, 0.15) is 0 Å². The van der Waals surface area contributed by atoms with Gasteiger partial charge in [0.15, 0.2) is 0 Å². The minimum atomic E-state index is -1.58. The van der Waals surface area contributed by atoms with E-state index in [9.17, 15) is 9.00 Å². The Morgan fingerprint density at radius 1 is 1.46 bits per heavy atom. The van der Waals surface area contributed by atoms with Crippen LogP contribution in [0.15, 0.2) is 4.40 Å². The zero-order valence-corrected chi connectivity index (χ0v) is 7.67. The van der Waals surface area contributed by atoms with Crippen LogP contribution in [-0.2, 0) is 20.7 Å². The Bertz CT molecular complexity index is 285. The van der Waals surface area contributed by atoms with E-state index in [1.807, 2.05) is 0 Å². The number of hydrogen-bond acceptors (Lipinski definition) is 4. The number of morpholine rings is 1. The average Bonchev–Trinajstić information content (AvgIpc) is 2.47. The van der Waals surface area contributed by atoms with Crippen molar-refractivity contribution in [3.05, 3.63) is 0 Å². The fourth-order valence-corrected chi connectivity index (χ4v) is 1.90. The standard InChI is InChI=1S/C6H9N3O3S/c10-6-5(7-13(11)8-6)9-1-3-12-4-2-9/h1-4H2,(H,8,10). The van der Waals surface area contributed by atoms with E-state index >= 15 is 0 Å². The van der Waals surface area contributed by atoms with Gasteiger partial charge >= 0.3 is 5.91 Å². The van der Waals surface area contributed by atoms with Gasteiger partial charge in [0.25, 0.3) is 0 Å². The SMILES string of the molecule is O=C1NS(=O)N=C1N1CCOCC1. The zero-order valence-electron chi connectivity index (χ0n) is 6.86. The average molecular weight is 203 g/mol. The molecule has 7 heteroatoms. The van der Waals surface area contributed by atoms with E-state index in [0.717, 1.165) is 0 Å². The molecular weight excluding hydrogens is 194 g/mol. The Hall–Kier alpha value is -0.950. The van der Waals surface area contributed by atoms with Crippen molar-refractivity contribution in [1.29, 1.82) is 0 Å². The molecule has 1 fully saturated rings. The maximum atomic E-state index is 11.2. The molecule has 0 aromatic carbocycles. The fourth-order valence-electron chi connectivity index (χ4n) is 1.24. The summed E-state index contributed by atoms with van der Waals surface area (Å²) in [4.78, 5) is 12.9. The van der Waals surface area contributed by atoms with Crippen molar-refractivity contribution in [2.45, 2.75) is 0 Å². The molecule has 1 N–H and O–H groups in total. The third kappa shape index (κ3) is 1.70. The summed E-state index contributed by atoms with van der Waals surface area (Å²) in [5.41, 5.74) is 0. The molecular formula is C6H9N3O3S. The van der Waals surface area contributed by atoms with E-state index in [4.69, 9.17) is 4.74 Å². The molecule has 0 spiro atoms. The normalized spacial score (nSPS) is 28.6. The third-order valence-corrected chi connectivity index (χ3v) is 2.56. The molecule has 0 saturated carbocycles. The Balaban J connectivity index is 2.10. The lowest BCUT2D eigenvalue weighted by Crippen LogP contribution is -2.44. The third-order valence-electron chi connectivity index (χ3n) is 1.86. The summed E-state index contributed by atoms with van der Waals surface area (Å²) in [7, 11) is 0. The molecule has 72 valence electrons. The van der Waals surface area contributed by atoms with Gasteiger partial charge in [-0.3, -0.25) is 4.79 Å². The van der Waals surface area contributed by atoms with Crippen molar-refractivity contribution < 1.29 is 13.7 Å². The van der Waals surface area contributed by atoms with E-state index in [-0.39, 0.29) is 11.7 Å². The number of hydrogen-bond donors (Lipinski definition) is 1. The van der Waals surface area contributed by atoms with Gasteiger partial charge in [0.05, 0.1) is 13.2 Å². The van der Waals surface area contributed by atoms with Crippen molar-refractivity contribution in [1.82, 2.24) is 9.62 Å². The number of carbonyl (C=O) groups is 1. The number of nitrogens with zero attached hydrogens (tertiary/aromatic N) is 2. The first-order valence-corrected chi connectivity index (χ1v) is 5.02. The summed E-state index contributed by atoms with van der Waals surface area (Å²) in [5.74, 6) is -0.0955. The molecule has 0 aliphatic carbocycles. The molecule has 0 radical (unpaired) electrons. The van der Waals surface area contributed by atoms with Crippen LogP contribution in [0.4, 0.5) is 0 Å². The topological polar surface area (TPSA) is 71.0 Å². The molecule has 6 nitrogen and oxygen atoms in total. The number of amidine groups is 1. The molecule has 1 atom stereocenters. The molecule has 13 heavy (non-hydrogen) atoms. The molecule has 2 heterocycles. The van der Waals surface area contributed by atoms with Crippen molar-refractivity contribution in [2.24, 2.45) is 4.40 Å². The number of nitrogens with one attached hydrogen (secondary N) is 1. The smallest absolute Gasteiger partial charge is 0.300 e. The lowest BCUT2D eigenvalue weighted by atomic mass is 10.4. The highest BCUT2D eigenvalue weighted by molar-refractivity contribution is 7.83. The molecule has 0 aromatic rings. The lowest BCUT2D eigenvalue weighted by molar-refractivity contribution is -0.113. The number of ether oxygens (including phenoxy) is 1. The van der Waals surface area contributed by atoms with Crippen molar-refractivity contribution in [3.63, 3.8) is 0 Å². The van der Waals surface area contributed by atoms with Gasteiger partial charge in [0.1, 0.15) is 0 Å². The molecule has 2 aliphatic heterocycles. The van der Waals surface area contributed by atoms with Gasteiger partial charge in [0, 0.05) is 13.1 Å². The molecule has 2 rings (SSSR count). The quantitative estimate of drug-likeness (QED) is 0.516. The lowest BCUT2D eigenvalue weighted by Gasteiger charge is -2.26. The summed E-state index contributed by atoms with van der Waals surface area (Å²) in [6.07, 6.45) is 0. The highest BCUT2D eigenvalue weighted by atomic mass is 32.2. The Kier molecular flexibility index (Phi) is 2.28. The van der Waals surface area contributed by atoms with E-state index in [2.05, 4.69) is 9.12 Å². The molecule has 2 aliphatic rings. The van der Waals surface area contributed by atoms with Crippen LogP contribution in [0.5, 0.6) is 0 Å². The Morgan fingerprint density at radius 2 is 2.15 bits per heavy atom. The van der Waals surface area contributed by atoms with Crippen LogP contribution in [0.25, 0.3) is 0 Å². The number of amides is 1. The minimum absolute atomic E-state index is 0.265. The van der Waals surface area contributed by atoms with E-state index < -0.39 is 11.2 Å². The molecule has 1 unspecified atom stereocenters. The van der Waals surface area contributed by atoms with Crippen LogP contribution in [0, 0.1) is 0 Å². The maximum Gasteiger partial charge on any atom is 0.300 e.